The Morgan fingerprint density at radius 2 is 1.91 bits per heavy atom. The van der Waals surface area contributed by atoms with Crippen LogP contribution in [0.25, 0.3) is 0 Å². The Hall–Kier alpha value is -4.00. The highest BCUT2D eigenvalue weighted by atomic mass is 16.5. The maximum absolute atomic E-state index is 13.1. The van der Waals surface area contributed by atoms with Gasteiger partial charge in [0.2, 0.25) is 0 Å². The number of fused-ring (bicyclic) bond motifs is 4. The maximum Gasteiger partial charge on any atom is 0.325 e. The summed E-state index contributed by atoms with van der Waals surface area (Å²) in [6.45, 7) is 1.90. The van der Waals surface area contributed by atoms with Gasteiger partial charge < -0.3 is 20.1 Å². The van der Waals surface area contributed by atoms with Crippen LogP contribution in [-0.2, 0) is 0 Å². The van der Waals surface area contributed by atoms with Gasteiger partial charge in [-0.1, -0.05) is 24.3 Å². The van der Waals surface area contributed by atoms with E-state index in [1.54, 1.807) is 60.5 Å². The Morgan fingerprint density at radius 1 is 1.12 bits per heavy atom. The molecule has 2 aliphatic rings. The topological polar surface area (TPSA) is 79.9 Å². The largest absolute Gasteiger partial charge is 0.497 e. The third-order valence-electron chi connectivity index (χ3n) is 5.90. The highest BCUT2D eigenvalue weighted by molar-refractivity contribution is 6.05. The van der Waals surface area contributed by atoms with Gasteiger partial charge in [0.25, 0.3) is 5.91 Å². The summed E-state index contributed by atoms with van der Waals surface area (Å²) < 4.78 is 11.4. The first kappa shape index (κ1) is 19.9. The molecule has 0 spiro atoms. The summed E-state index contributed by atoms with van der Waals surface area (Å²) in [6.07, 6.45) is 0.595. The second-order valence-corrected chi connectivity index (χ2v) is 8.09. The van der Waals surface area contributed by atoms with E-state index in [-0.39, 0.29) is 18.0 Å². The third kappa shape index (κ3) is 3.41. The third-order valence-corrected chi connectivity index (χ3v) is 5.90. The lowest BCUT2D eigenvalue weighted by Gasteiger charge is -2.50. The van der Waals surface area contributed by atoms with Gasteiger partial charge >= 0.3 is 6.03 Å². The summed E-state index contributed by atoms with van der Waals surface area (Å²) in [7, 11) is 1.59. The first-order valence-corrected chi connectivity index (χ1v) is 10.4. The molecule has 32 heavy (non-hydrogen) atoms. The Balaban J connectivity index is 1.42. The highest BCUT2D eigenvalue weighted by Gasteiger charge is 2.49. The molecule has 5 rings (SSSR count). The van der Waals surface area contributed by atoms with E-state index < -0.39 is 5.72 Å². The summed E-state index contributed by atoms with van der Waals surface area (Å²) in [6, 6.07) is 21.4. The van der Waals surface area contributed by atoms with Crippen molar-refractivity contribution in [1.29, 1.82) is 0 Å². The van der Waals surface area contributed by atoms with Gasteiger partial charge in [-0.25, -0.2) is 4.79 Å². The number of urea groups is 1. The van der Waals surface area contributed by atoms with Crippen LogP contribution in [-0.4, -0.2) is 24.8 Å². The highest BCUT2D eigenvalue weighted by Crippen LogP contribution is 2.45. The van der Waals surface area contributed by atoms with E-state index in [1.165, 1.54) is 0 Å². The van der Waals surface area contributed by atoms with Gasteiger partial charge in [0, 0.05) is 23.2 Å². The molecular formula is C25H23N3O4. The molecule has 0 unspecified atom stereocenters. The first-order chi connectivity index (χ1) is 15.5. The fraction of sp³-hybridized carbons (Fsp3) is 0.200. The zero-order valence-corrected chi connectivity index (χ0v) is 17.8. The molecule has 1 saturated heterocycles. The molecule has 2 aliphatic heterocycles. The minimum absolute atomic E-state index is 0.116. The minimum atomic E-state index is -0.869. The number of nitrogens with one attached hydrogen (secondary N) is 2. The average molecular weight is 429 g/mol. The number of ether oxygens (including phenoxy) is 2. The van der Waals surface area contributed by atoms with Gasteiger partial charge in [-0.15, -0.1) is 0 Å². The molecule has 162 valence electrons. The molecule has 2 heterocycles. The van der Waals surface area contributed by atoms with Gasteiger partial charge in [0.1, 0.15) is 11.5 Å². The summed E-state index contributed by atoms with van der Waals surface area (Å²) >= 11 is 0. The summed E-state index contributed by atoms with van der Waals surface area (Å²) in [5.74, 6) is 1.19. The summed E-state index contributed by atoms with van der Waals surface area (Å²) in [4.78, 5) is 27.5. The lowest BCUT2D eigenvalue weighted by molar-refractivity contribution is 0.0378. The number of hydrogen-bond donors (Lipinski definition) is 2. The van der Waals surface area contributed by atoms with Crippen molar-refractivity contribution in [2.75, 3.05) is 17.3 Å². The zero-order chi connectivity index (χ0) is 22.3. The molecule has 1 fully saturated rings. The van der Waals surface area contributed by atoms with Crippen LogP contribution in [0.15, 0.2) is 72.8 Å². The number of nitrogens with zero attached hydrogens (tertiary/aromatic N) is 1. The fourth-order valence-corrected chi connectivity index (χ4v) is 4.38. The van der Waals surface area contributed by atoms with E-state index in [9.17, 15) is 9.59 Å². The van der Waals surface area contributed by atoms with Crippen LogP contribution in [0.1, 0.15) is 35.3 Å². The molecular weight excluding hydrogens is 406 g/mol. The molecule has 7 heteroatoms. The molecule has 0 aromatic heterocycles. The SMILES string of the molecule is COc1ccc(NC(=O)c2cccc(N3C(=O)N[C@@H]4C[C@@]3(C)Oc3ccccc34)c2)cc1. The summed E-state index contributed by atoms with van der Waals surface area (Å²) in [5.41, 5.74) is 1.79. The molecule has 2 N–H and O–H groups in total. The van der Waals surface area contributed by atoms with E-state index in [1.807, 2.05) is 31.2 Å². The van der Waals surface area contributed by atoms with Crippen LogP contribution in [0.4, 0.5) is 16.2 Å². The van der Waals surface area contributed by atoms with Gasteiger partial charge in [0.05, 0.1) is 18.8 Å². The van der Waals surface area contributed by atoms with Gasteiger partial charge in [-0.05, 0) is 55.5 Å². The number of anilines is 2. The number of carbonyl (C=O) groups is 2. The second-order valence-electron chi connectivity index (χ2n) is 8.09. The molecule has 3 aromatic carbocycles. The zero-order valence-electron chi connectivity index (χ0n) is 17.8. The van der Waals surface area contributed by atoms with Crippen LogP contribution in [0.2, 0.25) is 0 Å². The van der Waals surface area contributed by atoms with Gasteiger partial charge in [-0.3, -0.25) is 9.69 Å². The first-order valence-electron chi connectivity index (χ1n) is 10.4. The number of methoxy groups -OCH3 is 1. The Morgan fingerprint density at radius 3 is 2.69 bits per heavy atom. The van der Waals surface area contributed by atoms with Crippen molar-refractivity contribution in [2.45, 2.75) is 25.1 Å². The van der Waals surface area contributed by atoms with Crippen molar-refractivity contribution in [3.8, 4) is 11.5 Å². The van der Waals surface area contributed by atoms with E-state index >= 15 is 0 Å². The fourth-order valence-electron chi connectivity index (χ4n) is 4.38. The molecule has 3 aromatic rings. The number of amides is 3. The van der Waals surface area contributed by atoms with Crippen molar-refractivity contribution in [1.82, 2.24) is 5.32 Å². The Kier molecular flexibility index (Phi) is 4.74. The van der Waals surface area contributed by atoms with E-state index in [0.717, 1.165) is 11.3 Å². The van der Waals surface area contributed by atoms with Crippen LogP contribution in [0.3, 0.4) is 0 Å². The minimum Gasteiger partial charge on any atom is -0.497 e. The number of carbonyl (C=O) groups excluding carboxylic acids is 2. The van der Waals surface area contributed by atoms with Crippen LogP contribution < -0.4 is 25.0 Å². The van der Waals surface area contributed by atoms with Crippen molar-refractivity contribution >= 4 is 23.3 Å². The standard InChI is InChI=1S/C25H23N3O4/c1-25-15-21(20-8-3-4-9-22(20)32-25)27-24(30)28(25)18-7-5-6-16(14-18)23(29)26-17-10-12-19(31-2)13-11-17/h3-14,21H,15H2,1-2H3,(H,26,29)(H,27,30)/t21-,25-/m1/s1. The van der Waals surface area contributed by atoms with Crippen molar-refractivity contribution < 1.29 is 19.1 Å². The van der Waals surface area contributed by atoms with Crippen LogP contribution in [0.5, 0.6) is 11.5 Å². The van der Waals surface area contributed by atoms with Crippen molar-refractivity contribution in [3.05, 3.63) is 83.9 Å². The van der Waals surface area contributed by atoms with E-state index in [4.69, 9.17) is 9.47 Å². The number of para-hydroxylation sites is 1. The number of rotatable bonds is 4. The van der Waals surface area contributed by atoms with E-state index in [2.05, 4.69) is 10.6 Å². The Bertz CT molecular complexity index is 1190. The summed E-state index contributed by atoms with van der Waals surface area (Å²) in [5, 5.41) is 5.94. The maximum atomic E-state index is 13.1. The monoisotopic (exact) mass is 429 g/mol. The molecule has 0 saturated carbocycles. The molecule has 2 atom stereocenters. The van der Waals surface area contributed by atoms with Crippen LogP contribution >= 0.6 is 0 Å². The molecule has 2 bridgehead atoms. The Labute approximate surface area is 185 Å². The molecule has 0 aliphatic carbocycles. The predicted octanol–water partition coefficient (Wildman–Crippen LogP) is 4.72. The average Bonchev–Trinajstić information content (AvgIpc) is 2.79. The second kappa shape index (κ2) is 7.60. The predicted molar refractivity (Wildman–Crippen MR) is 121 cm³/mol. The molecule has 0 radical (unpaired) electrons. The normalized spacial score (nSPS) is 21.1. The van der Waals surface area contributed by atoms with Crippen molar-refractivity contribution in [2.24, 2.45) is 0 Å². The molecule has 3 amide bonds. The lowest BCUT2D eigenvalue weighted by Crippen LogP contribution is -2.65. The molecule has 7 nitrogen and oxygen atoms in total. The van der Waals surface area contributed by atoms with Gasteiger partial charge in [-0.2, -0.15) is 0 Å². The van der Waals surface area contributed by atoms with Crippen LogP contribution in [0, 0.1) is 0 Å². The smallest absolute Gasteiger partial charge is 0.325 e. The quantitative estimate of drug-likeness (QED) is 0.629. The van der Waals surface area contributed by atoms with Crippen molar-refractivity contribution in [3.63, 3.8) is 0 Å². The van der Waals surface area contributed by atoms with E-state index in [0.29, 0.717) is 29.1 Å². The van der Waals surface area contributed by atoms with Gasteiger partial charge in [0.15, 0.2) is 5.72 Å². The number of benzene rings is 3. The lowest BCUT2D eigenvalue weighted by atomic mass is 9.90. The number of hydrogen-bond acceptors (Lipinski definition) is 4.